The zero-order valence-electron chi connectivity index (χ0n) is 19.3. The van der Waals surface area contributed by atoms with Crippen LogP contribution >= 0.6 is 0 Å². The molecule has 1 aromatic heterocycles. The number of aromatic amines is 1. The third-order valence-electron chi connectivity index (χ3n) is 5.72. The molecule has 0 saturated carbocycles. The van der Waals surface area contributed by atoms with Gasteiger partial charge in [-0.25, -0.2) is 4.79 Å². The highest BCUT2D eigenvalue weighted by Crippen LogP contribution is 2.19. The van der Waals surface area contributed by atoms with Crippen molar-refractivity contribution in [2.45, 2.75) is 43.8 Å². The summed E-state index contributed by atoms with van der Waals surface area (Å²) < 4.78 is 0. The summed E-state index contributed by atoms with van der Waals surface area (Å²) >= 11 is 0. The van der Waals surface area contributed by atoms with E-state index >= 15 is 0 Å². The zero-order valence-corrected chi connectivity index (χ0v) is 19.3. The number of hydrogen-bond acceptors (Lipinski definition) is 6. The maximum atomic E-state index is 13.0. The molecule has 0 aliphatic rings. The minimum Gasteiger partial charge on any atom is -0.508 e. The number of amides is 2. The Morgan fingerprint density at radius 1 is 0.889 bits per heavy atom. The lowest BCUT2D eigenvalue weighted by Crippen LogP contribution is -2.55. The van der Waals surface area contributed by atoms with Gasteiger partial charge in [0.25, 0.3) is 0 Å². The number of para-hydroxylation sites is 1. The predicted molar refractivity (Wildman–Crippen MR) is 130 cm³/mol. The van der Waals surface area contributed by atoms with Crippen molar-refractivity contribution in [3.63, 3.8) is 0 Å². The number of aliphatic carboxylic acids is 2. The largest absolute Gasteiger partial charge is 0.508 e. The summed E-state index contributed by atoms with van der Waals surface area (Å²) in [5.74, 6) is -3.92. The number of hydrogen-bond donors (Lipinski definition) is 7. The number of carboxylic acid groups (broad SMARTS) is 2. The second-order valence-electron chi connectivity index (χ2n) is 8.43. The molecule has 0 unspecified atom stereocenters. The van der Waals surface area contributed by atoms with Crippen LogP contribution in [0.3, 0.4) is 0 Å². The van der Waals surface area contributed by atoms with E-state index in [1.165, 1.54) is 12.1 Å². The first kappa shape index (κ1) is 26.2. The molecule has 3 aromatic rings. The number of nitrogens with two attached hydrogens (primary N) is 1. The molecule has 8 N–H and O–H groups in total. The van der Waals surface area contributed by atoms with Crippen LogP contribution in [0.15, 0.2) is 54.7 Å². The van der Waals surface area contributed by atoms with E-state index < -0.39 is 48.3 Å². The smallest absolute Gasteiger partial charge is 0.326 e. The summed E-state index contributed by atoms with van der Waals surface area (Å²) in [5, 5.41) is 33.8. The molecule has 0 aliphatic heterocycles. The van der Waals surface area contributed by atoms with E-state index in [0.717, 1.165) is 10.9 Å². The van der Waals surface area contributed by atoms with Crippen molar-refractivity contribution in [2.75, 3.05) is 0 Å². The number of phenolic OH excluding ortho intramolecular Hbond substituents is 1. The number of fused-ring (bicyclic) bond motifs is 1. The fourth-order valence-corrected chi connectivity index (χ4v) is 3.79. The number of H-pyrrole nitrogens is 1. The van der Waals surface area contributed by atoms with Gasteiger partial charge < -0.3 is 36.7 Å². The highest BCUT2D eigenvalue weighted by molar-refractivity contribution is 5.92. The molecule has 2 amide bonds. The lowest BCUT2D eigenvalue weighted by atomic mass is 10.0. The molecular formula is C25H28N4O7. The summed E-state index contributed by atoms with van der Waals surface area (Å²) in [6.45, 7) is 0. The van der Waals surface area contributed by atoms with Crippen molar-refractivity contribution >= 4 is 34.7 Å². The van der Waals surface area contributed by atoms with Crippen LogP contribution in [0.25, 0.3) is 10.9 Å². The molecule has 3 atom stereocenters. The monoisotopic (exact) mass is 496 g/mol. The van der Waals surface area contributed by atoms with Crippen LogP contribution in [0.5, 0.6) is 5.75 Å². The number of aromatic hydroxyl groups is 1. The van der Waals surface area contributed by atoms with Crippen LogP contribution in [-0.4, -0.2) is 62.2 Å². The number of phenols is 1. The Morgan fingerprint density at radius 2 is 1.56 bits per heavy atom. The quantitative estimate of drug-likeness (QED) is 0.192. The van der Waals surface area contributed by atoms with Gasteiger partial charge in [0.1, 0.15) is 17.8 Å². The predicted octanol–water partition coefficient (Wildman–Crippen LogP) is 0.905. The molecule has 11 nitrogen and oxygen atoms in total. The van der Waals surface area contributed by atoms with Gasteiger partial charge in [-0.3, -0.25) is 14.4 Å². The molecule has 0 bridgehead atoms. The molecule has 0 fully saturated rings. The zero-order chi connectivity index (χ0) is 26.2. The Balaban J connectivity index is 1.69. The van der Waals surface area contributed by atoms with E-state index in [2.05, 4.69) is 15.6 Å². The average molecular weight is 497 g/mol. The van der Waals surface area contributed by atoms with Crippen LogP contribution in [0.1, 0.15) is 24.0 Å². The molecule has 2 aromatic carbocycles. The van der Waals surface area contributed by atoms with Crippen molar-refractivity contribution < 1.29 is 34.5 Å². The van der Waals surface area contributed by atoms with E-state index in [1.54, 1.807) is 18.3 Å². The SMILES string of the molecule is N[C@@H](Cc1ccc(O)cc1)C(=O)N[C@@H](CCC(=O)O)C(=O)N[C@@H](Cc1c[nH]c2ccccc12)C(=O)O. The summed E-state index contributed by atoms with van der Waals surface area (Å²) in [4.78, 5) is 51.7. The summed E-state index contributed by atoms with van der Waals surface area (Å²) in [6, 6.07) is 9.73. The van der Waals surface area contributed by atoms with E-state index in [4.69, 9.17) is 10.8 Å². The minimum atomic E-state index is -1.31. The first-order valence-electron chi connectivity index (χ1n) is 11.3. The number of carboxylic acids is 2. The van der Waals surface area contributed by atoms with Gasteiger partial charge in [-0.15, -0.1) is 0 Å². The topological polar surface area (TPSA) is 195 Å². The average Bonchev–Trinajstić information content (AvgIpc) is 3.25. The molecule has 1 heterocycles. The fourth-order valence-electron chi connectivity index (χ4n) is 3.79. The number of carbonyl (C=O) groups is 4. The maximum Gasteiger partial charge on any atom is 0.326 e. The van der Waals surface area contributed by atoms with E-state index in [0.29, 0.717) is 11.1 Å². The number of carbonyl (C=O) groups excluding carboxylic acids is 2. The molecule has 190 valence electrons. The molecule has 0 aliphatic carbocycles. The third kappa shape index (κ3) is 7.06. The highest BCUT2D eigenvalue weighted by Gasteiger charge is 2.29. The van der Waals surface area contributed by atoms with Crippen LogP contribution in [0, 0.1) is 0 Å². The van der Waals surface area contributed by atoms with Gasteiger partial charge in [0.2, 0.25) is 11.8 Å². The second kappa shape index (κ2) is 11.8. The lowest BCUT2D eigenvalue weighted by Gasteiger charge is -2.22. The van der Waals surface area contributed by atoms with Crippen molar-refractivity contribution in [3.8, 4) is 5.75 Å². The van der Waals surface area contributed by atoms with Crippen LogP contribution in [0.4, 0.5) is 0 Å². The van der Waals surface area contributed by atoms with E-state index in [9.17, 15) is 29.4 Å². The summed E-state index contributed by atoms with van der Waals surface area (Å²) in [7, 11) is 0. The van der Waals surface area contributed by atoms with Crippen molar-refractivity contribution in [2.24, 2.45) is 5.73 Å². The molecule has 0 spiro atoms. The first-order chi connectivity index (χ1) is 17.1. The Kier molecular flexibility index (Phi) is 8.63. The van der Waals surface area contributed by atoms with Gasteiger partial charge in [-0.1, -0.05) is 30.3 Å². The number of rotatable bonds is 12. The first-order valence-corrected chi connectivity index (χ1v) is 11.3. The standard InChI is InChI=1S/C25H28N4O7/c26-18(11-14-5-7-16(30)8-6-14)23(33)28-20(9-10-22(31)32)24(34)29-21(25(35)36)12-15-13-27-19-4-2-1-3-17(15)19/h1-8,13,18,20-21,27,30H,9-12,26H2,(H,28,33)(H,29,34)(H,31,32)(H,35,36)/t18-,20-,21-/m0/s1. The van der Waals surface area contributed by atoms with Gasteiger partial charge in [-0.05, 0) is 42.2 Å². The van der Waals surface area contributed by atoms with E-state index in [1.807, 2.05) is 24.3 Å². The lowest BCUT2D eigenvalue weighted by molar-refractivity contribution is -0.143. The Hall–Kier alpha value is -4.38. The van der Waals surface area contributed by atoms with Crippen LogP contribution in [-0.2, 0) is 32.0 Å². The summed E-state index contributed by atoms with van der Waals surface area (Å²) in [6.07, 6.45) is 1.07. The normalized spacial score (nSPS) is 13.5. The highest BCUT2D eigenvalue weighted by atomic mass is 16.4. The number of nitrogens with one attached hydrogen (secondary N) is 3. The minimum absolute atomic E-state index is 0.0228. The summed E-state index contributed by atoms with van der Waals surface area (Å²) in [5.41, 5.74) is 8.13. The van der Waals surface area contributed by atoms with Crippen molar-refractivity contribution in [1.82, 2.24) is 15.6 Å². The van der Waals surface area contributed by atoms with Gasteiger partial charge in [0.05, 0.1) is 6.04 Å². The van der Waals surface area contributed by atoms with Crippen LogP contribution < -0.4 is 16.4 Å². The van der Waals surface area contributed by atoms with Gasteiger partial charge in [0.15, 0.2) is 0 Å². The fraction of sp³-hybridized carbons (Fsp3) is 0.280. The number of aromatic nitrogens is 1. The second-order valence-corrected chi connectivity index (χ2v) is 8.43. The van der Waals surface area contributed by atoms with Crippen molar-refractivity contribution in [3.05, 3.63) is 65.9 Å². The Bertz CT molecular complexity index is 1240. The van der Waals surface area contributed by atoms with Gasteiger partial charge in [-0.2, -0.15) is 0 Å². The third-order valence-corrected chi connectivity index (χ3v) is 5.72. The molecule has 3 rings (SSSR count). The molecule has 11 heteroatoms. The molecule has 0 saturated heterocycles. The Labute approximate surface area is 206 Å². The Morgan fingerprint density at radius 3 is 2.22 bits per heavy atom. The number of benzene rings is 2. The van der Waals surface area contributed by atoms with Crippen LogP contribution in [0.2, 0.25) is 0 Å². The molecular weight excluding hydrogens is 468 g/mol. The van der Waals surface area contributed by atoms with E-state index in [-0.39, 0.29) is 25.0 Å². The maximum absolute atomic E-state index is 13.0. The van der Waals surface area contributed by atoms with Gasteiger partial charge in [0, 0.05) is 29.9 Å². The van der Waals surface area contributed by atoms with Crippen molar-refractivity contribution in [1.29, 1.82) is 0 Å². The van der Waals surface area contributed by atoms with Gasteiger partial charge >= 0.3 is 11.9 Å². The molecule has 0 radical (unpaired) electrons. The molecule has 36 heavy (non-hydrogen) atoms.